The zero-order valence-electron chi connectivity index (χ0n) is 16.1. The van der Waals surface area contributed by atoms with Gasteiger partial charge >= 0.3 is 4.33 Å². The van der Waals surface area contributed by atoms with Gasteiger partial charge < -0.3 is 0 Å². The summed E-state index contributed by atoms with van der Waals surface area (Å²) in [4.78, 5) is -0.707. The van der Waals surface area contributed by atoms with Gasteiger partial charge in [0.05, 0.1) is 9.79 Å². The van der Waals surface area contributed by atoms with E-state index in [0.29, 0.717) is 0 Å². The second-order valence-corrected chi connectivity index (χ2v) is 11.8. The molecule has 0 amide bonds. The molecular formula is C22H25FO4S2. The molecule has 3 rings (SSSR count). The van der Waals surface area contributed by atoms with Crippen LogP contribution < -0.4 is 0 Å². The molecular weight excluding hydrogens is 411 g/mol. The molecule has 0 atom stereocenters. The van der Waals surface area contributed by atoms with E-state index in [1.54, 1.807) is 18.2 Å². The Morgan fingerprint density at radius 3 is 1.69 bits per heavy atom. The molecule has 2 aromatic carbocycles. The van der Waals surface area contributed by atoms with Crippen LogP contribution in [0.25, 0.3) is 0 Å². The third-order valence-corrected chi connectivity index (χ3v) is 10.4. The topological polar surface area (TPSA) is 68.3 Å². The van der Waals surface area contributed by atoms with Gasteiger partial charge in [0.25, 0.3) is 0 Å². The molecule has 2 aromatic rings. The van der Waals surface area contributed by atoms with E-state index in [0.717, 1.165) is 32.1 Å². The minimum Gasteiger partial charge on any atom is -0.219 e. The Hall–Kier alpha value is -1.99. The lowest BCUT2D eigenvalue weighted by Crippen LogP contribution is -2.42. The van der Waals surface area contributed by atoms with Crippen molar-refractivity contribution in [2.24, 2.45) is 5.92 Å². The zero-order chi connectivity index (χ0) is 21.0. The third-order valence-electron chi connectivity index (χ3n) is 5.33. The quantitative estimate of drug-likeness (QED) is 0.567. The SMILES string of the molecule is O=S(=O)(c1ccccc1)C(F)(C/C=C/C1CCCCC1)S(=O)(=O)c1ccccc1. The fourth-order valence-electron chi connectivity index (χ4n) is 3.64. The second-order valence-electron chi connectivity index (χ2n) is 7.32. The highest BCUT2D eigenvalue weighted by molar-refractivity contribution is 8.10. The van der Waals surface area contributed by atoms with Crippen LogP contribution in [0.3, 0.4) is 0 Å². The number of hydrogen-bond donors (Lipinski definition) is 0. The van der Waals surface area contributed by atoms with Gasteiger partial charge in [-0.1, -0.05) is 67.8 Å². The maximum atomic E-state index is 16.2. The highest BCUT2D eigenvalue weighted by Gasteiger charge is 2.56. The van der Waals surface area contributed by atoms with Crippen LogP contribution in [0.15, 0.2) is 82.6 Å². The molecule has 4 nitrogen and oxygen atoms in total. The first-order valence-electron chi connectivity index (χ1n) is 9.74. The number of rotatable bonds is 7. The largest absolute Gasteiger partial charge is 0.321 e. The van der Waals surface area contributed by atoms with E-state index in [2.05, 4.69) is 0 Å². The first kappa shape index (κ1) is 21.7. The smallest absolute Gasteiger partial charge is 0.219 e. The van der Waals surface area contributed by atoms with Crippen molar-refractivity contribution < 1.29 is 21.2 Å². The van der Waals surface area contributed by atoms with Crippen molar-refractivity contribution in [3.05, 3.63) is 72.8 Å². The van der Waals surface area contributed by atoms with Crippen LogP contribution >= 0.6 is 0 Å². The van der Waals surface area contributed by atoms with Gasteiger partial charge in [0.1, 0.15) is 0 Å². The molecule has 0 heterocycles. The number of hydrogen-bond acceptors (Lipinski definition) is 4. The summed E-state index contributed by atoms with van der Waals surface area (Å²) < 4.78 is 65.4. The molecule has 156 valence electrons. The van der Waals surface area contributed by atoms with Crippen LogP contribution in [-0.4, -0.2) is 21.2 Å². The molecule has 0 bridgehead atoms. The fourth-order valence-corrected chi connectivity index (χ4v) is 7.74. The van der Waals surface area contributed by atoms with Crippen LogP contribution in [0.5, 0.6) is 0 Å². The van der Waals surface area contributed by atoms with Gasteiger partial charge in [-0.15, -0.1) is 0 Å². The molecule has 1 aliphatic rings. The third kappa shape index (κ3) is 4.31. The molecule has 1 fully saturated rings. The predicted octanol–water partition coefficient (Wildman–Crippen LogP) is 5.08. The molecule has 7 heteroatoms. The van der Waals surface area contributed by atoms with Gasteiger partial charge in [0.15, 0.2) is 0 Å². The number of halogens is 1. The van der Waals surface area contributed by atoms with E-state index in [-0.39, 0.29) is 15.7 Å². The average molecular weight is 437 g/mol. The van der Waals surface area contributed by atoms with Gasteiger partial charge in [-0.3, -0.25) is 0 Å². The first-order valence-corrected chi connectivity index (χ1v) is 12.7. The molecule has 0 unspecified atom stereocenters. The molecule has 1 aliphatic carbocycles. The summed E-state index contributed by atoms with van der Waals surface area (Å²) in [5.41, 5.74) is 0. The summed E-state index contributed by atoms with van der Waals surface area (Å²) in [6.07, 6.45) is 7.60. The molecule has 0 aliphatic heterocycles. The van der Waals surface area contributed by atoms with Gasteiger partial charge in [-0.25, -0.2) is 21.2 Å². The van der Waals surface area contributed by atoms with Crippen LogP contribution in [0.4, 0.5) is 4.39 Å². The normalized spacial score (nSPS) is 16.9. The molecule has 0 N–H and O–H groups in total. The van der Waals surface area contributed by atoms with Crippen molar-refractivity contribution >= 4 is 19.7 Å². The van der Waals surface area contributed by atoms with Gasteiger partial charge in [0, 0.05) is 6.42 Å². The van der Waals surface area contributed by atoms with Crippen molar-refractivity contribution in [1.82, 2.24) is 0 Å². The summed E-state index contributed by atoms with van der Waals surface area (Å²) in [7, 11) is -9.63. The minimum atomic E-state index is -4.82. The average Bonchev–Trinajstić information content (AvgIpc) is 2.75. The second kappa shape index (κ2) is 8.79. The minimum absolute atomic E-state index is 0.229. The summed E-state index contributed by atoms with van der Waals surface area (Å²) >= 11 is 0. The van der Waals surface area contributed by atoms with Crippen molar-refractivity contribution in [2.75, 3.05) is 0 Å². The number of sulfone groups is 2. The summed E-state index contributed by atoms with van der Waals surface area (Å²) in [6, 6.07) is 13.8. The van der Waals surface area contributed by atoms with E-state index >= 15 is 4.39 Å². The van der Waals surface area contributed by atoms with Crippen molar-refractivity contribution in [3.63, 3.8) is 0 Å². The fraction of sp³-hybridized carbons (Fsp3) is 0.364. The van der Waals surface area contributed by atoms with Crippen LogP contribution in [-0.2, 0) is 19.7 Å². The van der Waals surface area contributed by atoms with E-state index in [9.17, 15) is 16.8 Å². The molecule has 0 aromatic heterocycles. The Balaban J connectivity index is 2.05. The molecule has 0 radical (unpaired) electrons. The Labute approximate surface area is 172 Å². The number of alkyl halides is 1. The monoisotopic (exact) mass is 436 g/mol. The Morgan fingerprint density at radius 1 is 0.793 bits per heavy atom. The van der Waals surface area contributed by atoms with E-state index < -0.39 is 30.4 Å². The van der Waals surface area contributed by atoms with Gasteiger partial charge in [0.2, 0.25) is 19.7 Å². The Bertz CT molecular complexity index is 971. The van der Waals surface area contributed by atoms with Crippen LogP contribution in [0.2, 0.25) is 0 Å². The standard InChI is InChI=1S/C22H25FO4S2/c23-22(18-10-13-19-11-4-1-5-12-19,28(24,25)20-14-6-2-7-15-20)29(26,27)21-16-8-3-9-17-21/h2-3,6-10,13-17,19H,1,4-5,11-12,18H2/b13-10+. The van der Waals surface area contributed by atoms with E-state index in [1.807, 2.05) is 0 Å². The summed E-state index contributed by atoms with van der Waals surface area (Å²) in [5.74, 6) is 0.229. The maximum Gasteiger partial charge on any atom is 0.321 e. The van der Waals surface area contributed by atoms with Gasteiger partial charge in [-0.05, 0) is 43.0 Å². The summed E-state index contributed by atoms with van der Waals surface area (Å²) in [6.45, 7) is 0. The van der Waals surface area contributed by atoms with Crippen LogP contribution in [0, 0.1) is 5.92 Å². The molecule has 29 heavy (non-hydrogen) atoms. The zero-order valence-corrected chi connectivity index (χ0v) is 17.7. The number of benzene rings is 2. The van der Waals surface area contributed by atoms with E-state index in [1.165, 1.54) is 54.6 Å². The highest BCUT2D eigenvalue weighted by Crippen LogP contribution is 2.40. The van der Waals surface area contributed by atoms with Gasteiger partial charge in [-0.2, -0.15) is 0 Å². The van der Waals surface area contributed by atoms with Crippen molar-refractivity contribution in [1.29, 1.82) is 0 Å². The Kier molecular flexibility index (Phi) is 6.58. The number of allylic oxidation sites excluding steroid dienone is 2. The lowest BCUT2D eigenvalue weighted by atomic mass is 9.89. The molecule has 1 saturated carbocycles. The lowest BCUT2D eigenvalue weighted by Gasteiger charge is -2.25. The molecule has 0 spiro atoms. The van der Waals surface area contributed by atoms with E-state index in [4.69, 9.17) is 0 Å². The predicted molar refractivity (Wildman–Crippen MR) is 111 cm³/mol. The maximum absolute atomic E-state index is 16.2. The van der Waals surface area contributed by atoms with Crippen molar-refractivity contribution in [2.45, 2.75) is 52.6 Å². The first-order chi connectivity index (χ1) is 13.8. The lowest BCUT2D eigenvalue weighted by molar-refractivity contribution is 0.356. The highest BCUT2D eigenvalue weighted by atomic mass is 32.3. The van der Waals surface area contributed by atoms with Crippen LogP contribution in [0.1, 0.15) is 38.5 Å². The summed E-state index contributed by atoms with van der Waals surface area (Å²) in [5, 5.41) is 0. The van der Waals surface area contributed by atoms with Crippen molar-refractivity contribution in [3.8, 4) is 0 Å². The Morgan fingerprint density at radius 2 is 1.24 bits per heavy atom. The molecule has 0 saturated heterocycles.